The topological polar surface area (TPSA) is 47.1 Å². The van der Waals surface area contributed by atoms with Crippen LogP contribution in [0.2, 0.25) is 0 Å². The first-order valence-electron chi connectivity index (χ1n) is 7.98. The van der Waals surface area contributed by atoms with Crippen molar-refractivity contribution in [3.05, 3.63) is 41.2 Å². The average molecular weight is 302 g/mol. The Bertz CT molecular complexity index is 541. The monoisotopic (exact) mass is 302 g/mol. The average Bonchev–Trinajstić information content (AvgIpc) is 2.86. The van der Waals surface area contributed by atoms with Gasteiger partial charge in [-0.3, -0.25) is 5.10 Å². The Hall–Kier alpha value is -1.97. The van der Waals surface area contributed by atoms with E-state index < -0.39 is 0 Å². The Morgan fingerprint density at radius 2 is 1.64 bits per heavy atom. The first-order chi connectivity index (χ1) is 10.7. The lowest BCUT2D eigenvalue weighted by atomic mass is 10.0. The van der Waals surface area contributed by atoms with Crippen molar-refractivity contribution in [2.45, 2.75) is 46.0 Å². The molecule has 0 spiro atoms. The molecule has 0 saturated heterocycles. The number of nitrogens with one attached hydrogen (secondary N) is 1. The number of rotatable bonds is 9. The summed E-state index contributed by atoms with van der Waals surface area (Å²) in [5, 5.41) is 7.28. The van der Waals surface area contributed by atoms with Crippen molar-refractivity contribution in [1.29, 1.82) is 0 Å². The molecule has 0 fully saturated rings. The van der Waals surface area contributed by atoms with Gasteiger partial charge in [-0.2, -0.15) is 5.10 Å². The summed E-state index contributed by atoms with van der Waals surface area (Å²) >= 11 is 0. The van der Waals surface area contributed by atoms with E-state index in [0.29, 0.717) is 0 Å². The van der Waals surface area contributed by atoms with E-state index in [9.17, 15) is 0 Å². The molecule has 2 rings (SSSR count). The van der Waals surface area contributed by atoms with E-state index in [-0.39, 0.29) is 0 Å². The highest BCUT2D eigenvalue weighted by Crippen LogP contribution is 2.18. The molecule has 0 radical (unpaired) electrons. The summed E-state index contributed by atoms with van der Waals surface area (Å²) in [6.45, 7) is 4.94. The smallest absolute Gasteiger partial charge is 0.119 e. The van der Waals surface area contributed by atoms with Gasteiger partial charge in [0, 0.05) is 5.69 Å². The molecule has 0 atom stereocenters. The van der Waals surface area contributed by atoms with E-state index in [1.165, 1.54) is 30.5 Å². The molecule has 0 bridgehead atoms. The van der Waals surface area contributed by atoms with Crippen molar-refractivity contribution in [3.8, 4) is 11.5 Å². The molecule has 0 unspecified atom stereocenters. The van der Waals surface area contributed by atoms with Crippen LogP contribution >= 0.6 is 0 Å². The summed E-state index contributed by atoms with van der Waals surface area (Å²) in [4.78, 5) is 0. The van der Waals surface area contributed by atoms with E-state index in [0.717, 1.165) is 36.6 Å². The van der Waals surface area contributed by atoms with E-state index in [4.69, 9.17) is 9.47 Å². The quantitative estimate of drug-likeness (QED) is 0.706. The molecular weight excluding hydrogens is 276 g/mol. The summed E-state index contributed by atoms with van der Waals surface area (Å²) in [5.74, 6) is 1.77. The molecule has 1 aromatic heterocycles. The number of ether oxygens (including phenoxy) is 2. The molecule has 0 saturated carbocycles. The molecule has 0 amide bonds. The molecule has 0 aliphatic carbocycles. The number of hydrogen-bond donors (Lipinski definition) is 1. The summed E-state index contributed by atoms with van der Waals surface area (Å²) in [5.41, 5.74) is 3.73. The number of nitrogens with zero attached hydrogens (tertiary/aromatic N) is 1. The Kier molecular flexibility index (Phi) is 6.31. The van der Waals surface area contributed by atoms with Gasteiger partial charge in [-0.05, 0) is 62.9 Å². The molecule has 4 nitrogen and oxygen atoms in total. The Labute approximate surface area is 132 Å². The van der Waals surface area contributed by atoms with E-state index >= 15 is 0 Å². The third kappa shape index (κ3) is 4.79. The first-order valence-corrected chi connectivity index (χ1v) is 7.98. The zero-order chi connectivity index (χ0) is 15.8. The van der Waals surface area contributed by atoms with E-state index in [1.807, 2.05) is 24.3 Å². The number of unbranched alkanes of at least 4 members (excludes halogenated alkanes) is 3. The summed E-state index contributed by atoms with van der Waals surface area (Å²) < 4.78 is 10.8. The molecule has 120 valence electrons. The summed E-state index contributed by atoms with van der Waals surface area (Å²) in [6.07, 6.45) is 5.86. The molecular formula is C18H26N2O2. The minimum Gasteiger partial charge on any atom is -0.497 e. The maximum absolute atomic E-state index is 5.73. The van der Waals surface area contributed by atoms with Gasteiger partial charge in [0.1, 0.15) is 11.5 Å². The van der Waals surface area contributed by atoms with Gasteiger partial charge in [0.05, 0.1) is 19.4 Å². The molecule has 2 aromatic rings. The van der Waals surface area contributed by atoms with Crippen LogP contribution < -0.4 is 9.47 Å². The molecule has 1 N–H and O–H groups in total. The van der Waals surface area contributed by atoms with Crippen molar-refractivity contribution in [1.82, 2.24) is 10.2 Å². The van der Waals surface area contributed by atoms with Gasteiger partial charge in [0.15, 0.2) is 0 Å². The van der Waals surface area contributed by atoms with Crippen molar-refractivity contribution in [3.63, 3.8) is 0 Å². The second-order valence-electron chi connectivity index (χ2n) is 5.60. The van der Waals surface area contributed by atoms with Crippen LogP contribution in [0.5, 0.6) is 11.5 Å². The fraction of sp³-hybridized carbons (Fsp3) is 0.500. The van der Waals surface area contributed by atoms with Gasteiger partial charge in [-0.25, -0.2) is 0 Å². The lowest BCUT2D eigenvalue weighted by Crippen LogP contribution is -1.97. The fourth-order valence-corrected chi connectivity index (χ4v) is 2.56. The van der Waals surface area contributed by atoms with Crippen LogP contribution in [-0.4, -0.2) is 23.9 Å². The number of aromatic amines is 1. The lowest BCUT2D eigenvalue weighted by Gasteiger charge is -2.07. The van der Waals surface area contributed by atoms with Gasteiger partial charge < -0.3 is 9.47 Å². The molecule has 4 heteroatoms. The van der Waals surface area contributed by atoms with Gasteiger partial charge in [0.2, 0.25) is 0 Å². The minimum atomic E-state index is 0.774. The van der Waals surface area contributed by atoms with E-state index in [1.54, 1.807) is 7.11 Å². The summed E-state index contributed by atoms with van der Waals surface area (Å²) in [7, 11) is 1.67. The predicted octanol–water partition coefficient (Wildman–Crippen LogP) is 4.22. The Morgan fingerprint density at radius 3 is 2.27 bits per heavy atom. The molecule has 1 heterocycles. The SMILES string of the molecule is COc1ccc(OCCCCCCc2c(C)n[nH]c2C)cc1. The molecule has 22 heavy (non-hydrogen) atoms. The molecule has 0 aliphatic heterocycles. The maximum atomic E-state index is 5.73. The van der Waals surface area contributed by atoms with Gasteiger partial charge in [-0.15, -0.1) is 0 Å². The first kappa shape index (κ1) is 16.4. The third-order valence-corrected chi connectivity index (χ3v) is 3.93. The highest BCUT2D eigenvalue weighted by atomic mass is 16.5. The highest BCUT2D eigenvalue weighted by molar-refractivity contribution is 5.31. The second-order valence-corrected chi connectivity index (χ2v) is 5.60. The Morgan fingerprint density at radius 1 is 0.955 bits per heavy atom. The van der Waals surface area contributed by atoms with Crippen LogP contribution in [0.1, 0.15) is 42.6 Å². The largest absolute Gasteiger partial charge is 0.497 e. The minimum absolute atomic E-state index is 0.774. The fourth-order valence-electron chi connectivity index (χ4n) is 2.56. The van der Waals surface area contributed by atoms with Crippen molar-refractivity contribution in [2.24, 2.45) is 0 Å². The van der Waals surface area contributed by atoms with Gasteiger partial charge in [-0.1, -0.05) is 12.8 Å². The van der Waals surface area contributed by atoms with Crippen molar-refractivity contribution < 1.29 is 9.47 Å². The standard InChI is InChI=1S/C18H26N2O2/c1-14-18(15(2)20-19-14)8-6-4-5-7-13-22-17-11-9-16(21-3)10-12-17/h9-12H,4-8,13H2,1-3H3,(H,19,20). The number of aryl methyl sites for hydroxylation is 2. The maximum Gasteiger partial charge on any atom is 0.119 e. The van der Waals surface area contributed by atoms with Crippen LogP contribution in [0.3, 0.4) is 0 Å². The zero-order valence-corrected chi connectivity index (χ0v) is 13.8. The lowest BCUT2D eigenvalue weighted by molar-refractivity contribution is 0.304. The van der Waals surface area contributed by atoms with E-state index in [2.05, 4.69) is 24.0 Å². The van der Waals surface area contributed by atoms with Crippen molar-refractivity contribution >= 4 is 0 Å². The second kappa shape index (κ2) is 8.47. The zero-order valence-electron chi connectivity index (χ0n) is 13.8. The molecule has 1 aromatic carbocycles. The normalized spacial score (nSPS) is 10.7. The van der Waals surface area contributed by atoms with Crippen LogP contribution in [0.15, 0.2) is 24.3 Å². The predicted molar refractivity (Wildman–Crippen MR) is 88.7 cm³/mol. The van der Waals surface area contributed by atoms with Crippen LogP contribution in [0, 0.1) is 13.8 Å². The third-order valence-electron chi connectivity index (χ3n) is 3.93. The number of aromatic nitrogens is 2. The number of benzene rings is 1. The number of methoxy groups -OCH3 is 1. The van der Waals surface area contributed by atoms with Crippen LogP contribution in [0.4, 0.5) is 0 Å². The van der Waals surface area contributed by atoms with Crippen LogP contribution in [-0.2, 0) is 6.42 Å². The Balaban J connectivity index is 1.56. The van der Waals surface area contributed by atoms with Crippen LogP contribution in [0.25, 0.3) is 0 Å². The van der Waals surface area contributed by atoms with Crippen molar-refractivity contribution in [2.75, 3.05) is 13.7 Å². The molecule has 0 aliphatic rings. The number of H-pyrrole nitrogens is 1. The van der Waals surface area contributed by atoms with Gasteiger partial charge >= 0.3 is 0 Å². The van der Waals surface area contributed by atoms with Gasteiger partial charge in [0.25, 0.3) is 0 Å². The summed E-state index contributed by atoms with van der Waals surface area (Å²) in [6, 6.07) is 7.74. The number of hydrogen-bond acceptors (Lipinski definition) is 3. The highest BCUT2D eigenvalue weighted by Gasteiger charge is 2.05.